The van der Waals surface area contributed by atoms with Gasteiger partial charge in [0, 0.05) is 37.8 Å². The van der Waals surface area contributed by atoms with Gasteiger partial charge >= 0.3 is 5.97 Å². The number of ether oxygens (including phenoxy) is 1. The Morgan fingerprint density at radius 1 is 0.913 bits per heavy atom. The smallest absolute Gasteiger partial charge is 0.307 e. The summed E-state index contributed by atoms with van der Waals surface area (Å²) in [6.45, 7) is 6.45. The second-order valence-corrected chi connectivity index (χ2v) is 14.0. The third-order valence-electron chi connectivity index (χ3n) is 7.69. The molecular weight excluding hydrogens is 602 g/mol. The fraction of sp³-hybridized carbons (Fsp3) is 0.333. The second-order valence-electron chi connectivity index (χ2n) is 12.0. The average Bonchev–Trinajstić information content (AvgIpc) is 3.04. The van der Waals surface area contributed by atoms with Gasteiger partial charge in [0.15, 0.2) is 0 Å². The van der Waals surface area contributed by atoms with Crippen LogP contribution in [-0.4, -0.2) is 74.6 Å². The second kappa shape index (κ2) is 15.5. The zero-order valence-corrected chi connectivity index (χ0v) is 27.6. The molecule has 10 heteroatoms. The van der Waals surface area contributed by atoms with E-state index in [2.05, 4.69) is 54.8 Å². The van der Waals surface area contributed by atoms with Gasteiger partial charge in [0.25, 0.3) is 5.91 Å². The Balaban J connectivity index is 1.32. The van der Waals surface area contributed by atoms with Crippen LogP contribution in [0.4, 0.5) is 0 Å². The van der Waals surface area contributed by atoms with E-state index in [1.54, 1.807) is 49.4 Å². The lowest BCUT2D eigenvalue weighted by atomic mass is 9.93. The largest absolute Gasteiger partial charge is 0.466 e. The number of amides is 1. The molecule has 0 saturated heterocycles. The predicted octanol–water partition coefficient (Wildman–Crippen LogP) is 4.78. The number of aliphatic hydroxyl groups excluding tert-OH is 1. The quantitative estimate of drug-likeness (QED) is 0.159. The number of nitrogens with one attached hydrogen (secondary N) is 2. The number of esters is 1. The van der Waals surface area contributed by atoms with Gasteiger partial charge in [-0.25, -0.2) is 8.42 Å². The zero-order chi connectivity index (χ0) is 33.3. The molecule has 4 rings (SSSR count). The van der Waals surface area contributed by atoms with Crippen molar-refractivity contribution in [2.75, 3.05) is 33.3 Å². The molecule has 0 heterocycles. The van der Waals surface area contributed by atoms with Crippen molar-refractivity contribution in [3.63, 3.8) is 0 Å². The number of β-amino-alcohol motifs (C(OH)–C–C–N with tert-alkyl or cyclic N) is 1. The summed E-state index contributed by atoms with van der Waals surface area (Å²) < 4.78 is 32.9. The lowest BCUT2D eigenvalue weighted by molar-refractivity contribution is -0.142. The molecule has 0 saturated carbocycles. The van der Waals surface area contributed by atoms with Crippen LogP contribution in [0, 0.1) is 0 Å². The summed E-state index contributed by atoms with van der Waals surface area (Å²) in [6.07, 6.45) is -0.0905. The van der Waals surface area contributed by atoms with Crippen molar-refractivity contribution in [1.29, 1.82) is 0 Å². The molecule has 0 unspecified atom stereocenters. The minimum absolute atomic E-state index is 0.0778. The van der Waals surface area contributed by atoms with Crippen LogP contribution >= 0.6 is 0 Å². The molecule has 46 heavy (non-hydrogen) atoms. The van der Waals surface area contributed by atoms with E-state index in [1.165, 1.54) is 33.8 Å². The van der Waals surface area contributed by atoms with Crippen LogP contribution in [0.5, 0.6) is 0 Å². The van der Waals surface area contributed by atoms with E-state index in [0.717, 1.165) is 12.0 Å². The third-order valence-corrected chi connectivity index (χ3v) is 9.51. The molecule has 1 atom stereocenters. The fourth-order valence-corrected chi connectivity index (χ4v) is 6.47. The molecule has 9 nitrogen and oxygen atoms in total. The first kappa shape index (κ1) is 34.8. The number of nitrogens with zero attached hydrogens (tertiary/aromatic N) is 1. The van der Waals surface area contributed by atoms with E-state index in [9.17, 15) is 23.1 Å². The van der Waals surface area contributed by atoms with Crippen molar-refractivity contribution < 1.29 is 27.9 Å². The van der Waals surface area contributed by atoms with Crippen LogP contribution in [-0.2, 0) is 26.0 Å². The Kier molecular flexibility index (Phi) is 11.7. The molecule has 3 N–H and O–H groups in total. The highest BCUT2D eigenvalue weighted by molar-refractivity contribution is 7.89. The van der Waals surface area contributed by atoms with Gasteiger partial charge in [-0.05, 0) is 78.9 Å². The van der Waals surface area contributed by atoms with Crippen LogP contribution in [0.3, 0.4) is 0 Å². The Morgan fingerprint density at radius 3 is 2.35 bits per heavy atom. The van der Waals surface area contributed by atoms with Gasteiger partial charge in [-0.1, -0.05) is 66.7 Å². The minimum atomic E-state index is -3.89. The molecule has 244 valence electrons. The predicted molar refractivity (Wildman–Crippen MR) is 181 cm³/mol. The van der Waals surface area contributed by atoms with Gasteiger partial charge in [0.2, 0.25) is 10.0 Å². The minimum Gasteiger partial charge on any atom is -0.466 e. The standard InChI is InChI=1S/C36H43N3O6S/c1-5-45-34(41)19-20-37-35(42)29-17-15-28(16-18-29)31-11-8-12-33(22-31)46(43,44)39(4)25-32(40)24-38-36(2,3)23-26-13-14-27-9-6-7-10-30(27)21-26/h6-18,21-22,32,38,40H,5,19-20,23-25H2,1-4H3,(H,37,42)/t32-/m1/s1. The average molecular weight is 646 g/mol. The molecule has 0 aliphatic rings. The highest BCUT2D eigenvalue weighted by atomic mass is 32.2. The topological polar surface area (TPSA) is 125 Å². The summed E-state index contributed by atoms with van der Waals surface area (Å²) in [5.74, 6) is -0.694. The molecule has 0 fully saturated rings. The molecule has 0 aliphatic carbocycles. The van der Waals surface area contributed by atoms with E-state index in [-0.39, 0.29) is 48.4 Å². The van der Waals surface area contributed by atoms with Crippen LogP contribution < -0.4 is 10.6 Å². The molecule has 0 bridgehead atoms. The molecule has 0 aliphatic heterocycles. The number of sulfonamides is 1. The Hall–Kier alpha value is -4.09. The van der Waals surface area contributed by atoms with Crippen molar-refractivity contribution in [3.05, 3.63) is 102 Å². The number of fused-ring (bicyclic) bond motifs is 1. The Morgan fingerprint density at radius 2 is 1.63 bits per heavy atom. The first-order valence-corrected chi connectivity index (χ1v) is 16.8. The van der Waals surface area contributed by atoms with Gasteiger partial charge in [-0.2, -0.15) is 4.31 Å². The van der Waals surface area contributed by atoms with Gasteiger partial charge in [-0.15, -0.1) is 0 Å². The van der Waals surface area contributed by atoms with Crippen molar-refractivity contribution >= 4 is 32.7 Å². The van der Waals surface area contributed by atoms with Crippen molar-refractivity contribution in [2.24, 2.45) is 0 Å². The highest BCUT2D eigenvalue weighted by Crippen LogP contribution is 2.25. The van der Waals surface area contributed by atoms with Crippen LogP contribution in [0.2, 0.25) is 0 Å². The number of rotatable bonds is 15. The summed E-state index contributed by atoms with van der Waals surface area (Å²) in [5.41, 5.74) is 2.67. The number of aliphatic hydroxyl groups is 1. The van der Waals surface area contributed by atoms with Crippen LogP contribution in [0.15, 0.2) is 95.9 Å². The normalized spacial score (nSPS) is 12.7. The zero-order valence-electron chi connectivity index (χ0n) is 26.8. The summed E-state index contributed by atoms with van der Waals surface area (Å²) >= 11 is 0. The number of hydrogen-bond acceptors (Lipinski definition) is 7. The first-order valence-electron chi connectivity index (χ1n) is 15.4. The number of benzene rings is 4. The maximum Gasteiger partial charge on any atom is 0.307 e. The molecule has 4 aromatic rings. The number of likely N-dealkylation sites (N-methyl/N-ethyl adjacent to an activating group) is 1. The molecular formula is C36H43N3O6S. The molecule has 4 aromatic carbocycles. The lowest BCUT2D eigenvalue weighted by Crippen LogP contribution is -2.47. The molecule has 0 aromatic heterocycles. The van der Waals surface area contributed by atoms with Gasteiger partial charge in [0.1, 0.15) is 0 Å². The van der Waals surface area contributed by atoms with Gasteiger partial charge < -0.3 is 20.5 Å². The van der Waals surface area contributed by atoms with Crippen LogP contribution in [0.25, 0.3) is 21.9 Å². The summed E-state index contributed by atoms with van der Waals surface area (Å²) in [5, 5.41) is 19.2. The summed E-state index contributed by atoms with van der Waals surface area (Å²) in [7, 11) is -2.43. The van der Waals surface area contributed by atoms with E-state index >= 15 is 0 Å². The first-order chi connectivity index (χ1) is 21.9. The Bertz CT molecular complexity index is 1760. The van der Waals surface area contributed by atoms with E-state index < -0.39 is 16.1 Å². The lowest BCUT2D eigenvalue weighted by Gasteiger charge is -2.29. The summed E-state index contributed by atoms with van der Waals surface area (Å²) in [4.78, 5) is 24.0. The van der Waals surface area contributed by atoms with Crippen LogP contribution in [0.1, 0.15) is 43.1 Å². The fourth-order valence-electron chi connectivity index (χ4n) is 5.22. The number of hydrogen-bond donors (Lipinski definition) is 3. The maximum atomic E-state index is 13.4. The number of carbonyl (C=O) groups excluding carboxylic acids is 2. The van der Waals surface area contributed by atoms with E-state index in [4.69, 9.17) is 4.74 Å². The van der Waals surface area contributed by atoms with Crippen molar-refractivity contribution in [1.82, 2.24) is 14.9 Å². The number of carbonyl (C=O) groups is 2. The van der Waals surface area contributed by atoms with Crippen molar-refractivity contribution in [2.45, 2.75) is 50.2 Å². The van der Waals surface area contributed by atoms with E-state index in [1.807, 2.05) is 12.1 Å². The van der Waals surface area contributed by atoms with Gasteiger partial charge in [-0.3, -0.25) is 9.59 Å². The Labute approximate surface area is 271 Å². The van der Waals surface area contributed by atoms with Crippen molar-refractivity contribution in [3.8, 4) is 11.1 Å². The summed E-state index contributed by atoms with van der Waals surface area (Å²) in [6, 6.07) is 27.9. The molecule has 0 spiro atoms. The van der Waals surface area contributed by atoms with E-state index in [0.29, 0.717) is 17.7 Å². The third kappa shape index (κ3) is 9.46. The molecule has 1 amide bonds. The monoisotopic (exact) mass is 645 g/mol. The molecule has 0 radical (unpaired) electrons. The highest BCUT2D eigenvalue weighted by Gasteiger charge is 2.25. The SMILES string of the molecule is CCOC(=O)CCNC(=O)c1ccc(-c2cccc(S(=O)(=O)N(C)C[C@H](O)CNC(C)(C)Cc3ccc4ccccc4c3)c2)cc1. The van der Waals surface area contributed by atoms with Gasteiger partial charge in [0.05, 0.1) is 24.0 Å². The maximum absolute atomic E-state index is 13.4.